The van der Waals surface area contributed by atoms with E-state index in [1.165, 1.54) is 6.92 Å². The van der Waals surface area contributed by atoms with E-state index in [2.05, 4.69) is 28.6 Å². The molecule has 0 rings (SSSR count). The van der Waals surface area contributed by atoms with Crippen LogP contribution >= 0.6 is 12.6 Å². The molecule has 0 bridgehead atoms. The first-order chi connectivity index (χ1) is 12.4. The zero-order valence-corrected chi connectivity index (χ0v) is 16.2. The second-order valence-corrected chi connectivity index (χ2v) is 6.61. The van der Waals surface area contributed by atoms with Gasteiger partial charge in [0.15, 0.2) is 0 Å². The van der Waals surface area contributed by atoms with Gasteiger partial charge in [-0.15, -0.1) is 0 Å². The largest absolute Gasteiger partial charge is 0.481 e. The van der Waals surface area contributed by atoms with Crippen molar-refractivity contribution >= 4 is 42.3 Å². The lowest BCUT2D eigenvalue weighted by Crippen LogP contribution is -2.58. The lowest BCUT2D eigenvalue weighted by atomic mass is 10.0. The number of aliphatic carboxylic acids is 2. The molecule has 0 fully saturated rings. The molecule has 11 nitrogen and oxygen atoms in total. The van der Waals surface area contributed by atoms with Gasteiger partial charge in [-0.1, -0.05) is 13.8 Å². The molecule has 0 radical (unpaired) electrons. The highest BCUT2D eigenvalue weighted by Gasteiger charge is 2.30. The van der Waals surface area contributed by atoms with E-state index in [1.54, 1.807) is 13.8 Å². The van der Waals surface area contributed by atoms with Gasteiger partial charge < -0.3 is 31.9 Å². The quantitative estimate of drug-likeness (QED) is 0.191. The van der Waals surface area contributed by atoms with E-state index in [0.717, 1.165) is 0 Å². The molecule has 0 saturated heterocycles. The third-order valence-corrected chi connectivity index (χ3v) is 3.89. The molecular weight excluding hydrogens is 380 g/mol. The van der Waals surface area contributed by atoms with E-state index >= 15 is 0 Å². The van der Waals surface area contributed by atoms with Crippen LogP contribution in [0.15, 0.2) is 0 Å². The minimum absolute atomic E-state index is 0.131. The Morgan fingerprint density at radius 2 is 1.48 bits per heavy atom. The Labute approximate surface area is 161 Å². The third kappa shape index (κ3) is 8.73. The Bertz CT molecular complexity index is 585. The summed E-state index contributed by atoms with van der Waals surface area (Å²) >= 11 is 3.85. The summed E-state index contributed by atoms with van der Waals surface area (Å²) in [5.74, 6) is -5.28. The second kappa shape index (κ2) is 11.4. The molecule has 7 N–H and O–H groups in total. The average molecular weight is 406 g/mol. The van der Waals surface area contributed by atoms with E-state index in [4.69, 9.17) is 15.9 Å². The van der Waals surface area contributed by atoms with Gasteiger partial charge in [-0.2, -0.15) is 12.6 Å². The average Bonchev–Trinajstić information content (AvgIpc) is 2.55. The lowest BCUT2D eigenvalue weighted by molar-refractivity contribution is -0.142. The van der Waals surface area contributed by atoms with Crippen molar-refractivity contribution in [2.24, 2.45) is 11.7 Å². The van der Waals surface area contributed by atoms with Crippen molar-refractivity contribution in [2.75, 3.05) is 5.75 Å². The summed E-state index contributed by atoms with van der Waals surface area (Å²) in [6.45, 7) is 4.63. The zero-order valence-electron chi connectivity index (χ0n) is 15.3. The van der Waals surface area contributed by atoms with Gasteiger partial charge in [0.1, 0.15) is 18.1 Å². The number of carbonyl (C=O) groups excluding carboxylic acids is 3. The van der Waals surface area contributed by atoms with Crippen LogP contribution < -0.4 is 21.7 Å². The number of hydrogen-bond acceptors (Lipinski definition) is 7. The zero-order chi connectivity index (χ0) is 21.3. The molecule has 4 atom stereocenters. The first-order valence-corrected chi connectivity index (χ1v) is 8.76. The molecule has 12 heteroatoms. The van der Waals surface area contributed by atoms with Crippen LogP contribution in [0.3, 0.4) is 0 Å². The van der Waals surface area contributed by atoms with Gasteiger partial charge in [-0.05, 0) is 12.8 Å². The third-order valence-electron chi connectivity index (χ3n) is 3.53. The van der Waals surface area contributed by atoms with Crippen LogP contribution in [0, 0.1) is 5.92 Å². The van der Waals surface area contributed by atoms with E-state index in [9.17, 15) is 24.0 Å². The highest BCUT2D eigenvalue weighted by Crippen LogP contribution is 2.04. The maximum absolute atomic E-state index is 12.3. The van der Waals surface area contributed by atoms with Gasteiger partial charge in [-0.25, -0.2) is 4.79 Å². The van der Waals surface area contributed by atoms with Crippen molar-refractivity contribution in [3.05, 3.63) is 0 Å². The molecule has 27 heavy (non-hydrogen) atoms. The fraction of sp³-hybridized carbons (Fsp3) is 0.667. The maximum Gasteiger partial charge on any atom is 0.327 e. The number of amides is 3. The standard InChI is InChI=1S/C15H26N4O7S/c1-6(2)11(14(24)18-9(5-27)15(25)26)19-12(22)7(3)17-13(23)8(16)4-10(20)21/h6-9,11,27H,4-5,16H2,1-3H3,(H,17,23)(H,18,24)(H,19,22)(H,20,21)(H,25,26). The normalized spacial score (nSPS) is 15.2. The Kier molecular flexibility index (Phi) is 10.4. The molecule has 0 aliphatic rings. The minimum Gasteiger partial charge on any atom is -0.481 e. The number of carboxylic acid groups (broad SMARTS) is 2. The molecule has 0 spiro atoms. The molecule has 0 aromatic heterocycles. The molecule has 4 unspecified atom stereocenters. The summed E-state index contributed by atoms with van der Waals surface area (Å²) in [7, 11) is 0. The summed E-state index contributed by atoms with van der Waals surface area (Å²) in [6.07, 6.45) is -0.600. The topological polar surface area (TPSA) is 188 Å². The summed E-state index contributed by atoms with van der Waals surface area (Å²) in [6, 6.07) is -4.68. The van der Waals surface area contributed by atoms with Crippen molar-refractivity contribution in [1.82, 2.24) is 16.0 Å². The molecule has 0 aliphatic heterocycles. The van der Waals surface area contributed by atoms with Gasteiger partial charge in [-0.3, -0.25) is 19.2 Å². The first kappa shape index (κ1) is 24.7. The molecular formula is C15H26N4O7S. The van der Waals surface area contributed by atoms with Crippen LogP contribution in [-0.4, -0.2) is 69.8 Å². The first-order valence-electron chi connectivity index (χ1n) is 8.12. The highest BCUT2D eigenvalue weighted by molar-refractivity contribution is 7.80. The maximum atomic E-state index is 12.3. The van der Waals surface area contributed by atoms with E-state index in [-0.39, 0.29) is 11.7 Å². The van der Waals surface area contributed by atoms with Crippen LogP contribution in [0.25, 0.3) is 0 Å². The van der Waals surface area contributed by atoms with Crippen LogP contribution in [0.5, 0.6) is 0 Å². The number of rotatable bonds is 11. The Hall–Kier alpha value is -2.34. The van der Waals surface area contributed by atoms with Gasteiger partial charge in [0.25, 0.3) is 0 Å². The van der Waals surface area contributed by atoms with Gasteiger partial charge in [0.05, 0.1) is 12.5 Å². The fourth-order valence-corrected chi connectivity index (χ4v) is 2.17. The van der Waals surface area contributed by atoms with E-state index in [1.807, 2.05) is 0 Å². The molecule has 0 aliphatic carbocycles. The summed E-state index contributed by atoms with van der Waals surface area (Å²) in [5.41, 5.74) is 5.41. The van der Waals surface area contributed by atoms with Crippen molar-refractivity contribution < 1.29 is 34.2 Å². The number of carbonyl (C=O) groups is 5. The molecule has 0 heterocycles. The van der Waals surface area contributed by atoms with Gasteiger partial charge >= 0.3 is 11.9 Å². The summed E-state index contributed by atoms with van der Waals surface area (Å²) in [5, 5.41) is 24.6. The number of nitrogens with one attached hydrogen (secondary N) is 3. The number of thiol groups is 1. The molecule has 0 aromatic carbocycles. The molecule has 0 saturated carbocycles. The number of nitrogens with two attached hydrogens (primary N) is 1. The molecule has 0 aromatic rings. The summed E-state index contributed by atoms with van der Waals surface area (Å²) < 4.78 is 0. The smallest absolute Gasteiger partial charge is 0.327 e. The van der Waals surface area contributed by atoms with Gasteiger partial charge in [0, 0.05) is 5.75 Å². The van der Waals surface area contributed by atoms with E-state index < -0.39 is 60.2 Å². The van der Waals surface area contributed by atoms with Crippen molar-refractivity contribution in [3.8, 4) is 0 Å². The Morgan fingerprint density at radius 1 is 0.926 bits per heavy atom. The van der Waals surface area contributed by atoms with Crippen LogP contribution in [0.2, 0.25) is 0 Å². The predicted octanol–water partition coefficient (Wildman–Crippen LogP) is -2.07. The SMILES string of the molecule is CC(NC(=O)C(N)CC(=O)O)C(=O)NC(C(=O)NC(CS)C(=O)O)C(C)C. The van der Waals surface area contributed by atoms with Crippen LogP contribution in [0.1, 0.15) is 27.2 Å². The number of hydrogen-bond donors (Lipinski definition) is 7. The monoisotopic (exact) mass is 406 g/mol. The summed E-state index contributed by atoms with van der Waals surface area (Å²) in [4.78, 5) is 57.8. The fourth-order valence-electron chi connectivity index (χ4n) is 1.93. The number of carboxylic acids is 2. The van der Waals surface area contributed by atoms with Crippen molar-refractivity contribution in [3.63, 3.8) is 0 Å². The second-order valence-electron chi connectivity index (χ2n) is 6.25. The Morgan fingerprint density at radius 3 is 1.89 bits per heavy atom. The van der Waals surface area contributed by atoms with E-state index in [0.29, 0.717) is 0 Å². The van der Waals surface area contributed by atoms with Crippen molar-refractivity contribution in [1.29, 1.82) is 0 Å². The predicted molar refractivity (Wildman–Crippen MR) is 98.0 cm³/mol. The Balaban J connectivity index is 4.92. The highest BCUT2D eigenvalue weighted by atomic mass is 32.1. The molecule has 3 amide bonds. The minimum atomic E-state index is -1.33. The van der Waals surface area contributed by atoms with Crippen LogP contribution in [-0.2, 0) is 24.0 Å². The van der Waals surface area contributed by atoms with Gasteiger partial charge in [0.2, 0.25) is 17.7 Å². The molecule has 154 valence electrons. The van der Waals surface area contributed by atoms with Crippen LogP contribution in [0.4, 0.5) is 0 Å². The van der Waals surface area contributed by atoms with Crippen molar-refractivity contribution in [2.45, 2.75) is 51.4 Å². The lowest BCUT2D eigenvalue weighted by Gasteiger charge is -2.25.